The van der Waals surface area contributed by atoms with Crippen molar-refractivity contribution < 1.29 is 18.5 Å². The molecule has 0 atom stereocenters. The third-order valence-corrected chi connectivity index (χ3v) is 4.24. The minimum absolute atomic E-state index is 0.00358. The van der Waals surface area contributed by atoms with Crippen LogP contribution in [0.4, 0.5) is 10.1 Å². The molecule has 2 aromatic carbocycles. The van der Waals surface area contributed by atoms with E-state index in [0.29, 0.717) is 11.3 Å². The third-order valence-electron chi connectivity index (χ3n) is 3.92. The van der Waals surface area contributed by atoms with Gasteiger partial charge < -0.3 is 15.2 Å². The number of amides is 2. The van der Waals surface area contributed by atoms with Gasteiger partial charge in [0.15, 0.2) is 0 Å². The molecule has 2 N–H and O–H groups in total. The monoisotopic (exact) mass is 387 g/mol. The van der Waals surface area contributed by atoms with Crippen LogP contribution in [0.5, 0.6) is 0 Å². The van der Waals surface area contributed by atoms with Crippen molar-refractivity contribution in [2.75, 3.05) is 12.4 Å². The molecule has 1 heterocycles. The summed E-state index contributed by atoms with van der Waals surface area (Å²) >= 11 is 6.08. The van der Waals surface area contributed by atoms with Gasteiger partial charge in [-0.25, -0.2) is 4.39 Å². The number of carbonyl (C=O) groups is 2. The average Bonchev–Trinajstić information content (AvgIpc) is 3.03. The van der Waals surface area contributed by atoms with Crippen LogP contribution in [0, 0.1) is 12.7 Å². The Morgan fingerprint density at radius 3 is 2.44 bits per heavy atom. The number of hydrogen-bond acceptors (Lipinski definition) is 4. The molecule has 138 valence electrons. The minimum atomic E-state index is -0.611. The number of halogens is 2. The van der Waals surface area contributed by atoms with Gasteiger partial charge in [-0.05, 0) is 43.3 Å². The first kappa shape index (κ1) is 18.6. The van der Waals surface area contributed by atoms with Gasteiger partial charge in [-0.1, -0.05) is 22.8 Å². The van der Waals surface area contributed by atoms with E-state index in [-0.39, 0.29) is 33.5 Å². The Bertz CT molecular complexity index is 995. The Morgan fingerprint density at radius 2 is 1.81 bits per heavy atom. The fourth-order valence-electron chi connectivity index (χ4n) is 2.58. The van der Waals surface area contributed by atoms with E-state index in [1.165, 1.54) is 25.2 Å². The van der Waals surface area contributed by atoms with Crippen LogP contribution in [0.1, 0.15) is 26.5 Å². The van der Waals surface area contributed by atoms with Gasteiger partial charge in [0.2, 0.25) is 0 Å². The third kappa shape index (κ3) is 3.68. The maximum absolute atomic E-state index is 14.2. The fraction of sp³-hybridized carbons (Fsp3) is 0.105. The van der Waals surface area contributed by atoms with Crippen LogP contribution in [0.2, 0.25) is 5.02 Å². The molecular formula is C19H15ClFN3O3. The molecule has 2 amide bonds. The summed E-state index contributed by atoms with van der Waals surface area (Å²) in [5.74, 6) is -1.15. The number of benzene rings is 2. The highest BCUT2D eigenvalue weighted by atomic mass is 35.5. The number of rotatable bonds is 4. The summed E-state index contributed by atoms with van der Waals surface area (Å²) in [6.45, 7) is 1.55. The predicted molar refractivity (Wildman–Crippen MR) is 99.4 cm³/mol. The highest BCUT2D eigenvalue weighted by Gasteiger charge is 2.25. The van der Waals surface area contributed by atoms with Gasteiger partial charge >= 0.3 is 0 Å². The predicted octanol–water partition coefficient (Wildman–Crippen LogP) is 4.05. The summed E-state index contributed by atoms with van der Waals surface area (Å²) in [4.78, 5) is 24.3. The smallest absolute Gasteiger partial charge is 0.261 e. The summed E-state index contributed by atoms with van der Waals surface area (Å²) in [5.41, 5.74) is 1.01. The zero-order valence-electron chi connectivity index (χ0n) is 14.5. The zero-order valence-corrected chi connectivity index (χ0v) is 15.2. The van der Waals surface area contributed by atoms with Crippen LogP contribution in [-0.2, 0) is 0 Å². The molecule has 0 radical (unpaired) electrons. The lowest BCUT2D eigenvalue weighted by Gasteiger charge is -2.08. The van der Waals surface area contributed by atoms with Crippen molar-refractivity contribution in [2.45, 2.75) is 6.92 Å². The molecule has 1 aromatic heterocycles. The summed E-state index contributed by atoms with van der Waals surface area (Å²) < 4.78 is 19.3. The molecule has 3 rings (SSSR count). The quantitative estimate of drug-likeness (QED) is 0.707. The molecule has 0 aliphatic rings. The van der Waals surface area contributed by atoms with Crippen LogP contribution in [0.3, 0.4) is 0 Å². The van der Waals surface area contributed by atoms with Gasteiger partial charge in [0, 0.05) is 18.3 Å². The van der Waals surface area contributed by atoms with E-state index in [4.69, 9.17) is 16.1 Å². The molecular weight excluding hydrogens is 373 g/mol. The lowest BCUT2D eigenvalue weighted by Crippen LogP contribution is -2.18. The van der Waals surface area contributed by atoms with E-state index in [1.54, 1.807) is 31.2 Å². The summed E-state index contributed by atoms with van der Waals surface area (Å²) in [7, 11) is 1.53. The van der Waals surface area contributed by atoms with Gasteiger partial charge in [0.1, 0.15) is 22.8 Å². The molecule has 0 saturated heterocycles. The molecule has 8 heteroatoms. The number of anilines is 1. The van der Waals surface area contributed by atoms with E-state index in [9.17, 15) is 14.0 Å². The standard InChI is InChI=1S/C19H15ClFN3O3/c1-10-15(17(24-27-10)16-13(20)4-3-5-14(16)21)19(26)23-12-8-6-11(7-9-12)18(25)22-2/h3-9H,1-2H3,(H,22,25)(H,23,26). The molecule has 0 bridgehead atoms. The van der Waals surface area contributed by atoms with Gasteiger partial charge in [0.05, 0.1) is 10.6 Å². The summed E-state index contributed by atoms with van der Waals surface area (Å²) in [5, 5.41) is 9.12. The normalized spacial score (nSPS) is 10.5. The Hall–Kier alpha value is -3.19. The number of nitrogens with one attached hydrogen (secondary N) is 2. The van der Waals surface area contributed by atoms with Crippen molar-refractivity contribution in [1.29, 1.82) is 0 Å². The second-order valence-electron chi connectivity index (χ2n) is 5.67. The molecule has 0 spiro atoms. The topological polar surface area (TPSA) is 84.2 Å². The van der Waals surface area contributed by atoms with Crippen molar-refractivity contribution in [1.82, 2.24) is 10.5 Å². The molecule has 3 aromatic rings. The lowest BCUT2D eigenvalue weighted by atomic mass is 10.0. The second kappa shape index (κ2) is 7.59. The summed E-state index contributed by atoms with van der Waals surface area (Å²) in [6, 6.07) is 10.5. The molecule has 0 fully saturated rings. The number of aryl methyl sites for hydroxylation is 1. The fourth-order valence-corrected chi connectivity index (χ4v) is 2.83. The maximum atomic E-state index is 14.2. The highest BCUT2D eigenvalue weighted by molar-refractivity contribution is 6.33. The minimum Gasteiger partial charge on any atom is -0.360 e. The van der Waals surface area contributed by atoms with Gasteiger partial charge in [0.25, 0.3) is 11.8 Å². The van der Waals surface area contributed by atoms with Crippen LogP contribution in [0.25, 0.3) is 11.3 Å². The number of aromatic nitrogens is 1. The van der Waals surface area contributed by atoms with Gasteiger partial charge in [-0.15, -0.1) is 0 Å². The van der Waals surface area contributed by atoms with Crippen LogP contribution in [-0.4, -0.2) is 24.0 Å². The van der Waals surface area contributed by atoms with E-state index >= 15 is 0 Å². The Morgan fingerprint density at radius 1 is 1.11 bits per heavy atom. The van der Waals surface area contributed by atoms with Crippen molar-refractivity contribution >= 4 is 29.1 Å². The molecule has 0 saturated carbocycles. The van der Waals surface area contributed by atoms with Crippen molar-refractivity contribution in [2.24, 2.45) is 0 Å². The van der Waals surface area contributed by atoms with Crippen LogP contribution >= 0.6 is 11.6 Å². The number of nitrogens with zero attached hydrogens (tertiary/aromatic N) is 1. The van der Waals surface area contributed by atoms with Gasteiger partial charge in [-0.3, -0.25) is 9.59 Å². The largest absolute Gasteiger partial charge is 0.360 e. The second-order valence-corrected chi connectivity index (χ2v) is 6.08. The average molecular weight is 388 g/mol. The van der Waals surface area contributed by atoms with Crippen LogP contribution in [0.15, 0.2) is 47.0 Å². The highest BCUT2D eigenvalue weighted by Crippen LogP contribution is 2.33. The Balaban J connectivity index is 1.92. The molecule has 0 unspecified atom stereocenters. The first-order chi connectivity index (χ1) is 12.9. The molecule has 6 nitrogen and oxygen atoms in total. The maximum Gasteiger partial charge on any atom is 0.261 e. The number of carbonyl (C=O) groups excluding carboxylic acids is 2. The summed E-state index contributed by atoms with van der Waals surface area (Å²) in [6.07, 6.45) is 0. The lowest BCUT2D eigenvalue weighted by molar-refractivity contribution is 0.0962. The first-order valence-corrected chi connectivity index (χ1v) is 8.34. The molecule has 0 aliphatic carbocycles. The van der Waals surface area contributed by atoms with Gasteiger partial charge in [-0.2, -0.15) is 0 Å². The SMILES string of the molecule is CNC(=O)c1ccc(NC(=O)c2c(-c3c(F)cccc3Cl)noc2C)cc1. The first-order valence-electron chi connectivity index (χ1n) is 7.96. The van der Waals surface area contributed by atoms with Crippen LogP contribution < -0.4 is 10.6 Å². The molecule has 0 aliphatic heterocycles. The zero-order chi connectivity index (χ0) is 19.6. The molecule has 27 heavy (non-hydrogen) atoms. The van der Waals surface area contributed by atoms with E-state index in [1.807, 2.05) is 0 Å². The number of hydrogen-bond donors (Lipinski definition) is 2. The van der Waals surface area contributed by atoms with E-state index < -0.39 is 11.7 Å². The Labute approximate surface area is 159 Å². The van der Waals surface area contributed by atoms with E-state index in [0.717, 1.165) is 0 Å². The van der Waals surface area contributed by atoms with Crippen molar-refractivity contribution in [3.05, 3.63) is 70.2 Å². The van der Waals surface area contributed by atoms with Crippen molar-refractivity contribution in [3.8, 4) is 11.3 Å². The van der Waals surface area contributed by atoms with Crippen molar-refractivity contribution in [3.63, 3.8) is 0 Å². The Kier molecular flexibility index (Phi) is 5.23. The van der Waals surface area contributed by atoms with E-state index in [2.05, 4.69) is 15.8 Å².